The second kappa shape index (κ2) is 8.85. The maximum Gasteiger partial charge on any atom is 0.418 e. The van der Waals surface area contributed by atoms with Gasteiger partial charge in [0.1, 0.15) is 10.6 Å². The molecule has 0 fully saturated rings. The third-order valence-electron chi connectivity index (χ3n) is 3.70. The Hall–Kier alpha value is -2.91. The van der Waals surface area contributed by atoms with Crippen LogP contribution in [0.1, 0.15) is 27.7 Å². The minimum Gasteiger partial charge on any atom is -0.443 e. The highest BCUT2D eigenvalue weighted by Gasteiger charge is 2.26. The summed E-state index contributed by atoms with van der Waals surface area (Å²) in [4.78, 5) is 21.6. The van der Waals surface area contributed by atoms with Crippen LogP contribution in [0.5, 0.6) is 0 Å². The summed E-state index contributed by atoms with van der Waals surface area (Å²) in [6.45, 7) is 7.43. The molecule has 1 N–H and O–H groups in total. The summed E-state index contributed by atoms with van der Waals surface area (Å²) >= 11 is 12.0. The van der Waals surface area contributed by atoms with Gasteiger partial charge in [-0.2, -0.15) is 4.98 Å². The van der Waals surface area contributed by atoms with E-state index >= 15 is 0 Å². The van der Waals surface area contributed by atoms with E-state index in [1.807, 2.05) is 12.1 Å². The molecule has 0 saturated carbocycles. The monoisotopic (exact) mass is 450 g/mol. The zero-order valence-corrected chi connectivity index (χ0v) is 18.3. The second-order valence-electron chi connectivity index (χ2n) is 7.12. The van der Waals surface area contributed by atoms with Gasteiger partial charge in [-0.25, -0.2) is 14.7 Å². The fraction of sp³-hybridized carbons (Fsp3) is 0.316. The Labute approximate surface area is 183 Å². The zero-order valence-electron chi connectivity index (χ0n) is 16.8. The van der Waals surface area contributed by atoms with E-state index in [2.05, 4.69) is 25.5 Å². The van der Waals surface area contributed by atoms with Crippen LogP contribution in [0.4, 0.5) is 22.3 Å². The molecule has 3 rings (SSSR count). The number of para-hydroxylation sites is 1. The van der Waals surface area contributed by atoms with Crippen molar-refractivity contribution in [3.05, 3.63) is 40.8 Å². The fourth-order valence-corrected chi connectivity index (χ4v) is 2.70. The van der Waals surface area contributed by atoms with Crippen molar-refractivity contribution in [2.75, 3.05) is 16.8 Å². The summed E-state index contributed by atoms with van der Waals surface area (Å²) in [5, 5.41) is 11.5. The molecule has 0 saturated heterocycles. The van der Waals surface area contributed by atoms with Gasteiger partial charge in [-0.15, -0.1) is 5.10 Å². The zero-order chi connectivity index (χ0) is 21.9. The highest BCUT2D eigenvalue weighted by molar-refractivity contribution is 6.33. The number of aromatic nitrogens is 4. The molecule has 158 valence electrons. The van der Waals surface area contributed by atoms with Gasteiger partial charge in [-0.3, -0.25) is 0 Å². The number of anilines is 3. The Kier molecular flexibility index (Phi) is 6.42. The number of ether oxygens (including phenoxy) is 1. The number of carbonyl (C=O) groups is 1. The molecule has 0 aliphatic carbocycles. The van der Waals surface area contributed by atoms with Gasteiger partial charge >= 0.3 is 12.1 Å². The average Bonchev–Trinajstić information content (AvgIpc) is 3.14. The van der Waals surface area contributed by atoms with E-state index in [0.717, 1.165) is 0 Å². The number of halogens is 2. The molecule has 0 atom stereocenters. The molecule has 2 aromatic heterocycles. The first kappa shape index (κ1) is 21.8. The molecule has 2 heterocycles. The number of benzene rings is 1. The standard InChI is InChI=1S/C19H20Cl2N6O3/c1-5-27(18(28)30-19(2,3)4)17-26-25-15(29-17)11-8-6-7-9-13(11)23-14-12(20)10-22-16(21)24-14/h6-10H,5H2,1-4H3,(H,22,23,24). The van der Waals surface area contributed by atoms with Crippen molar-refractivity contribution in [2.45, 2.75) is 33.3 Å². The number of rotatable bonds is 5. The van der Waals surface area contributed by atoms with Gasteiger partial charge in [0, 0.05) is 6.54 Å². The van der Waals surface area contributed by atoms with Crippen molar-refractivity contribution in [1.29, 1.82) is 0 Å². The summed E-state index contributed by atoms with van der Waals surface area (Å²) < 4.78 is 11.2. The van der Waals surface area contributed by atoms with Gasteiger partial charge in [-0.05, 0) is 51.4 Å². The van der Waals surface area contributed by atoms with Crippen molar-refractivity contribution in [3.8, 4) is 11.5 Å². The number of nitrogens with zero attached hydrogens (tertiary/aromatic N) is 5. The molecule has 1 amide bonds. The third kappa shape index (κ3) is 5.17. The van der Waals surface area contributed by atoms with Gasteiger partial charge < -0.3 is 14.5 Å². The van der Waals surface area contributed by atoms with E-state index < -0.39 is 11.7 Å². The Morgan fingerprint density at radius 3 is 2.67 bits per heavy atom. The first-order valence-electron chi connectivity index (χ1n) is 9.06. The maximum atomic E-state index is 12.4. The van der Waals surface area contributed by atoms with Crippen molar-refractivity contribution in [2.24, 2.45) is 0 Å². The van der Waals surface area contributed by atoms with Crippen molar-refractivity contribution in [1.82, 2.24) is 20.2 Å². The molecule has 0 spiro atoms. The molecular weight excluding hydrogens is 431 g/mol. The van der Waals surface area contributed by atoms with Crippen molar-refractivity contribution in [3.63, 3.8) is 0 Å². The summed E-state index contributed by atoms with van der Waals surface area (Å²) in [5.74, 6) is 0.527. The SMILES string of the molecule is CCN(C(=O)OC(C)(C)C)c1nnc(-c2ccccc2Nc2nc(Cl)ncc2Cl)o1. The van der Waals surface area contributed by atoms with Crippen molar-refractivity contribution >= 4 is 46.8 Å². The van der Waals surface area contributed by atoms with Crippen LogP contribution in [0.25, 0.3) is 11.5 Å². The third-order valence-corrected chi connectivity index (χ3v) is 4.16. The lowest BCUT2D eigenvalue weighted by Crippen LogP contribution is -2.36. The van der Waals surface area contributed by atoms with Gasteiger partial charge in [-0.1, -0.05) is 28.8 Å². The molecule has 1 aromatic carbocycles. The maximum absolute atomic E-state index is 12.4. The summed E-state index contributed by atoms with van der Waals surface area (Å²) in [6, 6.07) is 7.22. The lowest BCUT2D eigenvalue weighted by Gasteiger charge is -2.23. The Bertz CT molecular complexity index is 1050. The van der Waals surface area contributed by atoms with E-state index in [9.17, 15) is 4.79 Å². The Balaban J connectivity index is 1.90. The molecule has 9 nitrogen and oxygen atoms in total. The van der Waals surface area contributed by atoms with E-state index in [-0.39, 0.29) is 17.2 Å². The topological polar surface area (TPSA) is 106 Å². The van der Waals surface area contributed by atoms with Crippen LogP contribution in [-0.4, -0.2) is 38.4 Å². The Morgan fingerprint density at radius 2 is 1.97 bits per heavy atom. The highest BCUT2D eigenvalue weighted by atomic mass is 35.5. The van der Waals surface area contributed by atoms with Gasteiger partial charge in [0.15, 0.2) is 5.82 Å². The molecule has 0 unspecified atom stereocenters. The average molecular weight is 451 g/mol. The van der Waals surface area contributed by atoms with Crippen LogP contribution < -0.4 is 10.2 Å². The van der Waals surface area contributed by atoms with Crippen LogP contribution in [0.15, 0.2) is 34.9 Å². The summed E-state index contributed by atoms with van der Waals surface area (Å²) in [6.07, 6.45) is 0.820. The number of amides is 1. The molecule has 0 bridgehead atoms. The van der Waals surface area contributed by atoms with Gasteiger partial charge in [0.25, 0.3) is 5.89 Å². The Morgan fingerprint density at radius 1 is 1.23 bits per heavy atom. The van der Waals surface area contributed by atoms with E-state index in [0.29, 0.717) is 28.6 Å². The van der Waals surface area contributed by atoms with Crippen LogP contribution in [0.3, 0.4) is 0 Å². The van der Waals surface area contributed by atoms with Crippen LogP contribution in [-0.2, 0) is 4.74 Å². The van der Waals surface area contributed by atoms with Crippen LogP contribution in [0.2, 0.25) is 10.3 Å². The van der Waals surface area contributed by atoms with Gasteiger partial charge in [0.2, 0.25) is 5.28 Å². The minimum atomic E-state index is -0.651. The number of carbonyl (C=O) groups excluding carboxylic acids is 1. The summed E-state index contributed by atoms with van der Waals surface area (Å²) in [7, 11) is 0. The molecule has 3 aromatic rings. The predicted molar refractivity (Wildman–Crippen MR) is 114 cm³/mol. The lowest BCUT2D eigenvalue weighted by atomic mass is 10.2. The lowest BCUT2D eigenvalue weighted by molar-refractivity contribution is 0.0575. The first-order chi connectivity index (χ1) is 14.2. The van der Waals surface area contributed by atoms with E-state index in [1.54, 1.807) is 39.8 Å². The fourth-order valence-electron chi connectivity index (χ4n) is 2.43. The normalized spacial score (nSPS) is 11.3. The quantitative estimate of drug-likeness (QED) is 0.519. The van der Waals surface area contributed by atoms with Crippen LogP contribution in [0, 0.1) is 0 Å². The first-order valence-corrected chi connectivity index (χ1v) is 9.82. The number of hydrogen-bond donors (Lipinski definition) is 1. The van der Waals surface area contributed by atoms with E-state index in [4.69, 9.17) is 32.4 Å². The number of nitrogens with one attached hydrogen (secondary N) is 1. The minimum absolute atomic E-state index is 0.0275. The van der Waals surface area contributed by atoms with Crippen molar-refractivity contribution < 1.29 is 13.9 Å². The van der Waals surface area contributed by atoms with Crippen LogP contribution >= 0.6 is 23.2 Å². The molecule has 11 heteroatoms. The van der Waals surface area contributed by atoms with E-state index in [1.165, 1.54) is 11.1 Å². The highest BCUT2D eigenvalue weighted by Crippen LogP contribution is 2.32. The molecular formula is C19H20Cl2N6O3. The molecule has 30 heavy (non-hydrogen) atoms. The molecule has 0 aliphatic rings. The summed E-state index contributed by atoms with van der Waals surface area (Å²) in [5.41, 5.74) is 0.536. The largest absolute Gasteiger partial charge is 0.443 e. The molecule has 0 radical (unpaired) electrons. The van der Waals surface area contributed by atoms with Gasteiger partial charge in [0.05, 0.1) is 17.4 Å². The second-order valence-corrected chi connectivity index (χ2v) is 7.87. The smallest absolute Gasteiger partial charge is 0.418 e. The number of hydrogen-bond acceptors (Lipinski definition) is 8. The molecule has 0 aliphatic heterocycles. The predicted octanol–water partition coefficient (Wildman–Crippen LogP) is 5.34.